The topological polar surface area (TPSA) is 69.9 Å². The van der Waals surface area contributed by atoms with E-state index in [1.54, 1.807) is 11.3 Å². The predicted octanol–water partition coefficient (Wildman–Crippen LogP) is 1.24. The second kappa shape index (κ2) is 6.50. The van der Waals surface area contributed by atoms with Crippen LogP contribution in [-0.2, 0) is 22.5 Å². The SMILES string of the molecule is COC(=O)Cn1nnnc1SCCc1ccsc1. The van der Waals surface area contributed by atoms with Crippen LogP contribution in [0.1, 0.15) is 5.56 Å². The Balaban J connectivity index is 1.85. The molecular formula is C10H12N4O2S2. The second-order valence-electron chi connectivity index (χ2n) is 3.43. The van der Waals surface area contributed by atoms with Crippen molar-refractivity contribution in [2.45, 2.75) is 18.1 Å². The fourth-order valence-corrected chi connectivity index (χ4v) is 2.85. The summed E-state index contributed by atoms with van der Waals surface area (Å²) in [6.45, 7) is 0.0459. The maximum atomic E-state index is 11.1. The average Bonchev–Trinajstić information content (AvgIpc) is 3.01. The van der Waals surface area contributed by atoms with E-state index >= 15 is 0 Å². The van der Waals surface area contributed by atoms with Crippen molar-refractivity contribution in [3.63, 3.8) is 0 Å². The van der Waals surface area contributed by atoms with Gasteiger partial charge in [0.25, 0.3) is 0 Å². The molecule has 2 rings (SSSR count). The minimum atomic E-state index is -0.359. The summed E-state index contributed by atoms with van der Waals surface area (Å²) < 4.78 is 6.03. The molecule has 0 aliphatic carbocycles. The van der Waals surface area contributed by atoms with Gasteiger partial charge in [0.2, 0.25) is 5.16 Å². The molecule has 96 valence electrons. The summed E-state index contributed by atoms with van der Waals surface area (Å²) in [5.41, 5.74) is 1.31. The number of nitrogens with zero attached hydrogens (tertiary/aromatic N) is 4. The number of ether oxygens (including phenoxy) is 1. The van der Waals surface area contributed by atoms with Crippen LogP contribution in [0.5, 0.6) is 0 Å². The van der Waals surface area contributed by atoms with Crippen LogP contribution in [-0.4, -0.2) is 39.0 Å². The zero-order valence-electron chi connectivity index (χ0n) is 9.78. The number of carbonyl (C=O) groups is 1. The molecule has 0 unspecified atom stereocenters. The van der Waals surface area contributed by atoms with E-state index in [4.69, 9.17) is 0 Å². The van der Waals surface area contributed by atoms with Crippen LogP contribution in [0.2, 0.25) is 0 Å². The van der Waals surface area contributed by atoms with Crippen molar-refractivity contribution in [2.24, 2.45) is 0 Å². The lowest BCUT2D eigenvalue weighted by atomic mass is 10.3. The van der Waals surface area contributed by atoms with Crippen molar-refractivity contribution < 1.29 is 9.53 Å². The molecule has 0 fully saturated rings. The Morgan fingerprint density at radius 3 is 3.22 bits per heavy atom. The number of rotatable bonds is 6. The first-order valence-corrected chi connectivity index (χ1v) is 7.19. The Kier molecular flexibility index (Phi) is 4.71. The van der Waals surface area contributed by atoms with Crippen LogP contribution in [0.25, 0.3) is 0 Å². The first-order valence-electron chi connectivity index (χ1n) is 5.26. The van der Waals surface area contributed by atoms with Crippen molar-refractivity contribution >= 4 is 29.1 Å². The Hall–Kier alpha value is -1.41. The molecule has 0 N–H and O–H groups in total. The zero-order valence-corrected chi connectivity index (χ0v) is 11.4. The molecule has 0 aliphatic heterocycles. The fraction of sp³-hybridized carbons (Fsp3) is 0.400. The highest BCUT2D eigenvalue weighted by Gasteiger charge is 2.10. The molecule has 0 amide bonds. The summed E-state index contributed by atoms with van der Waals surface area (Å²) in [5.74, 6) is 0.514. The maximum Gasteiger partial charge on any atom is 0.327 e. The number of thioether (sulfide) groups is 1. The number of methoxy groups -OCH3 is 1. The van der Waals surface area contributed by atoms with Gasteiger partial charge in [0.05, 0.1) is 7.11 Å². The number of hydrogen-bond donors (Lipinski definition) is 0. The lowest BCUT2D eigenvalue weighted by Crippen LogP contribution is -2.13. The quantitative estimate of drug-likeness (QED) is 0.587. The van der Waals surface area contributed by atoms with Gasteiger partial charge in [-0.2, -0.15) is 11.3 Å². The lowest BCUT2D eigenvalue weighted by Gasteiger charge is -2.02. The number of esters is 1. The number of hydrogen-bond acceptors (Lipinski definition) is 7. The Labute approximate surface area is 112 Å². The monoisotopic (exact) mass is 284 g/mol. The van der Waals surface area contributed by atoms with Crippen LogP contribution < -0.4 is 0 Å². The third kappa shape index (κ3) is 3.54. The number of aryl methyl sites for hydroxylation is 1. The summed E-state index contributed by atoms with van der Waals surface area (Å²) in [5, 5.41) is 16.0. The third-order valence-electron chi connectivity index (χ3n) is 2.21. The Bertz CT molecular complexity index is 498. The van der Waals surface area contributed by atoms with E-state index < -0.39 is 0 Å². The van der Waals surface area contributed by atoms with Crippen LogP contribution in [0.4, 0.5) is 0 Å². The number of carbonyl (C=O) groups excluding carboxylic acids is 1. The molecule has 2 aromatic rings. The lowest BCUT2D eigenvalue weighted by molar-refractivity contribution is -0.141. The first kappa shape index (κ1) is 13.0. The molecular weight excluding hydrogens is 272 g/mol. The molecule has 2 heterocycles. The van der Waals surface area contributed by atoms with Gasteiger partial charge in [0.15, 0.2) is 0 Å². The molecule has 2 aromatic heterocycles. The molecule has 0 radical (unpaired) electrons. The van der Waals surface area contributed by atoms with Gasteiger partial charge < -0.3 is 4.74 Å². The summed E-state index contributed by atoms with van der Waals surface area (Å²) in [4.78, 5) is 11.1. The van der Waals surface area contributed by atoms with E-state index in [0.717, 1.165) is 12.2 Å². The van der Waals surface area contributed by atoms with Crippen LogP contribution in [0.3, 0.4) is 0 Å². The van der Waals surface area contributed by atoms with E-state index in [0.29, 0.717) is 5.16 Å². The molecule has 0 atom stereocenters. The summed E-state index contributed by atoms with van der Waals surface area (Å²) in [6.07, 6.45) is 0.958. The first-order chi connectivity index (χ1) is 8.79. The van der Waals surface area contributed by atoms with E-state index in [9.17, 15) is 4.79 Å². The van der Waals surface area contributed by atoms with Crippen molar-refractivity contribution in [1.29, 1.82) is 0 Å². The Morgan fingerprint density at radius 2 is 2.50 bits per heavy atom. The van der Waals surface area contributed by atoms with Gasteiger partial charge in [0, 0.05) is 5.75 Å². The van der Waals surface area contributed by atoms with Crippen molar-refractivity contribution in [3.05, 3.63) is 22.4 Å². The summed E-state index contributed by atoms with van der Waals surface area (Å²) in [7, 11) is 1.34. The minimum Gasteiger partial charge on any atom is -0.468 e. The maximum absolute atomic E-state index is 11.1. The standard InChI is InChI=1S/C10H12N4O2S2/c1-16-9(15)6-14-10(11-12-13-14)18-5-3-8-2-4-17-7-8/h2,4,7H,3,5-6H2,1H3. The number of aromatic nitrogens is 4. The highest BCUT2D eigenvalue weighted by Crippen LogP contribution is 2.16. The molecule has 18 heavy (non-hydrogen) atoms. The normalized spacial score (nSPS) is 10.5. The van der Waals surface area contributed by atoms with Gasteiger partial charge in [-0.25, -0.2) is 4.68 Å². The smallest absolute Gasteiger partial charge is 0.327 e. The van der Waals surface area contributed by atoms with Gasteiger partial charge >= 0.3 is 5.97 Å². The molecule has 0 saturated heterocycles. The minimum absolute atomic E-state index is 0.0459. The van der Waals surface area contributed by atoms with Gasteiger partial charge in [-0.05, 0) is 39.2 Å². The van der Waals surface area contributed by atoms with Crippen LogP contribution in [0, 0.1) is 0 Å². The van der Waals surface area contributed by atoms with Crippen molar-refractivity contribution in [2.75, 3.05) is 12.9 Å². The fourth-order valence-electron chi connectivity index (χ4n) is 1.28. The molecule has 6 nitrogen and oxygen atoms in total. The predicted molar refractivity (Wildman–Crippen MR) is 68.6 cm³/mol. The van der Waals surface area contributed by atoms with Gasteiger partial charge in [-0.3, -0.25) is 4.79 Å². The largest absolute Gasteiger partial charge is 0.468 e. The summed E-state index contributed by atoms with van der Waals surface area (Å²) >= 11 is 3.21. The molecule has 0 aromatic carbocycles. The number of thiophene rings is 1. The van der Waals surface area contributed by atoms with E-state index in [2.05, 4.69) is 37.1 Å². The molecule has 0 spiro atoms. The van der Waals surface area contributed by atoms with E-state index in [1.807, 2.05) is 0 Å². The zero-order chi connectivity index (χ0) is 12.8. The van der Waals surface area contributed by atoms with Gasteiger partial charge in [0.1, 0.15) is 6.54 Å². The summed E-state index contributed by atoms with van der Waals surface area (Å²) in [6, 6.07) is 2.10. The van der Waals surface area contributed by atoms with Crippen molar-refractivity contribution in [1.82, 2.24) is 20.2 Å². The number of tetrazole rings is 1. The molecule has 0 saturated carbocycles. The molecule has 0 bridgehead atoms. The highest BCUT2D eigenvalue weighted by atomic mass is 32.2. The van der Waals surface area contributed by atoms with Crippen LogP contribution >= 0.6 is 23.1 Å². The second-order valence-corrected chi connectivity index (χ2v) is 5.27. The van der Waals surface area contributed by atoms with E-state index in [-0.39, 0.29) is 12.5 Å². The van der Waals surface area contributed by atoms with Crippen LogP contribution in [0.15, 0.2) is 22.0 Å². The molecule has 8 heteroatoms. The Morgan fingerprint density at radius 1 is 1.61 bits per heavy atom. The highest BCUT2D eigenvalue weighted by molar-refractivity contribution is 7.99. The van der Waals surface area contributed by atoms with E-state index in [1.165, 1.54) is 29.1 Å². The third-order valence-corrected chi connectivity index (χ3v) is 3.90. The van der Waals surface area contributed by atoms with Gasteiger partial charge in [-0.1, -0.05) is 11.8 Å². The average molecular weight is 284 g/mol. The van der Waals surface area contributed by atoms with Gasteiger partial charge in [-0.15, -0.1) is 5.10 Å². The van der Waals surface area contributed by atoms with Crippen molar-refractivity contribution in [3.8, 4) is 0 Å². The molecule has 0 aliphatic rings.